The Bertz CT molecular complexity index is 550. The molecule has 2 rings (SSSR count). The van der Waals surface area contributed by atoms with Crippen molar-refractivity contribution in [2.75, 3.05) is 5.32 Å². The number of anilines is 1. The van der Waals surface area contributed by atoms with Gasteiger partial charge in [0.25, 0.3) is 0 Å². The molecular formula is C12H16N2O3S. The lowest BCUT2D eigenvalue weighted by Gasteiger charge is -2.08. The summed E-state index contributed by atoms with van der Waals surface area (Å²) in [6.07, 6.45) is 2.12. The fourth-order valence-corrected chi connectivity index (χ4v) is 2.85. The van der Waals surface area contributed by atoms with E-state index in [-0.39, 0.29) is 0 Å². The Hall–Kier alpha value is -1.56. The van der Waals surface area contributed by atoms with E-state index in [0.29, 0.717) is 18.5 Å². The Morgan fingerprint density at radius 3 is 2.72 bits per heavy atom. The molecule has 1 aromatic rings. The molecule has 0 spiro atoms. The monoisotopic (exact) mass is 268 g/mol. The normalized spacial score (nSPS) is 15.2. The number of aryl methyl sites for hydroxylation is 1. The Labute approximate surface area is 107 Å². The van der Waals surface area contributed by atoms with Gasteiger partial charge in [-0.15, -0.1) is 0 Å². The summed E-state index contributed by atoms with van der Waals surface area (Å²) in [4.78, 5) is 11.6. The fourth-order valence-electron chi connectivity index (χ4n) is 1.62. The highest BCUT2D eigenvalue weighted by Gasteiger charge is 2.36. The van der Waals surface area contributed by atoms with Crippen molar-refractivity contribution < 1.29 is 13.2 Å². The number of sulfonamides is 1. The summed E-state index contributed by atoms with van der Waals surface area (Å²) in [5.74, 6) is 0. The van der Waals surface area contributed by atoms with E-state index in [1.165, 1.54) is 0 Å². The highest BCUT2D eigenvalue weighted by Crippen LogP contribution is 2.27. The summed E-state index contributed by atoms with van der Waals surface area (Å²) in [6, 6.07) is 6.62. The Balaban J connectivity index is 1.98. The van der Waals surface area contributed by atoms with Crippen LogP contribution in [0.5, 0.6) is 0 Å². The van der Waals surface area contributed by atoms with Gasteiger partial charge in [0, 0.05) is 5.69 Å². The molecule has 98 valence electrons. The first-order valence-corrected chi connectivity index (χ1v) is 7.47. The van der Waals surface area contributed by atoms with Gasteiger partial charge in [-0.25, -0.2) is 17.9 Å². The zero-order valence-corrected chi connectivity index (χ0v) is 11.0. The van der Waals surface area contributed by atoms with Gasteiger partial charge in [-0.1, -0.05) is 19.1 Å². The maximum absolute atomic E-state index is 11.6. The molecule has 1 aromatic carbocycles. The average molecular weight is 268 g/mol. The van der Waals surface area contributed by atoms with Crippen molar-refractivity contribution in [3.63, 3.8) is 0 Å². The van der Waals surface area contributed by atoms with E-state index in [1.807, 2.05) is 29.8 Å². The molecule has 0 heterocycles. The molecule has 1 saturated carbocycles. The molecule has 2 N–H and O–H groups in total. The number of hydrogen-bond acceptors (Lipinski definition) is 3. The topological polar surface area (TPSA) is 75.3 Å². The Morgan fingerprint density at radius 1 is 1.39 bits per heavy atom. The molecular weight excluding hydrogens is 252 g/mol. The molecule has 1 aliphatic carbocycles. The summed E-state index contributed by atoms with van der Waals surface area (Å²) in [5.41, 5.74) is 1.68. The third-order valence-corrected chi connectivity index (χ3v) is 4.61. The largest absolute Gasteiger partial charge is 0.332 e. The molecule has 5 nitrogen and oxygen atoms in total. The van der Waals surface area contributed by atoms with Crippen LogP contribution in [-0.4, -0.2) is 19.7 Å². The first-order chi connectivity index (χ1) is 8.51. The lowest BCUT2D eigenvalue weighted by Crippen LogP contribution is -2.36. The van der Waals surface area contributed by atoms with Crippen molar-refractivity contribution in [3.8, 4) is 0 Å². The van der Waals surface area contributed by atoms with Crippen LogP contribution in [0.15, 0.2) is 24.3 Å². The minimum absolute atomic E-state index is 0.398. The highest BCUT2D eigenvalue weighted by atomic mass is 32.2. The molecule has 0 aliphatic heterocycles. The minimum Gasteiger partial charge on any atom is -0.307 e. The van der Waals surface area contributed by atoms with Crippen LogP contribution in [0.25, 0.3) is 0 Å². The number of nitrogens with one attached hydrogen (secondary N) is 2. The average Bonchev–Trinajstić information content (AvgIpc) is 3.12. The van der Waals surface area contributed by atoms with E-state index in [1.54, 1.807) is 6.07 Å². The zero-order valence-electron chi connectivity index (χ0n) is 10.1. The molecule has 0 radical (unpaired) electrons. The molecule has 6 heteroatoms. The minimum atomic E-state index is -3.48. The fraction of sp³-hybridized carbons (Fsp3) is 0.417. The third kappa shape index (κ3) is 3.22. The van der Waals surface area contributed by atoms with E-state index >= 15 is 0 Å². The van der Waals surface area contributed by atoms with Crippen LogP contribution < -0.4 is 10.0 Å². The predicted molar refractivity (Wildman–Crippen MR) is 69.9 cm³/mol. The third-order valence-electron chi connectivity index (χ3n) is 2.79. The van der Waals surface area contributed by atoms with Gasteiger partial charge in [0.1, 0.15) is 0 Å². The van der Waals surface area contributed by atoms with Gasteiger partial charge < -0.3 is 5.32 Å². The van der Waals surface area contributed by atoms with E-state index in [2.05, 4.69) is 5.32 Å². The number of amides is 2. The first kappa shape index (κ1) is 12.9. The lowest BCUT2D eigenvalue weighted by atomic mass is 10.1. The summed E-state index contributed by atoms with van der Waals surface area (Å²) in [5, 5.41) is 2.13. The summed E-state index contributed by atoms with van der Waals surface area (Å²) in [7, 11) is -3.48. The van der Waals surface area contributed by atoms with Crippen molar-refractivity contribution in [2.45, 2.75) is 31.4 Å². The van der Waals surface area contributed by atoms with Crippen LogP contribution in [0, 0.1) is 0 Å². The second-order valence-corrected chi connectivity index (χ2v) is 6.32. The number of hydrogen-bond donors (Lipinski definition) is 2. The van der Waals surface area contributed by atoms with Crippen molar-refractivity contribution in [3.05, 3.63) is 29.8 Å². The molecule has 1 fully saturated rings. The predicted octanol–water partition coefficient (Wildman–Crippen LogP) is 1.86. The van der Waals surface area contributed by atoms with Crippen LogP contribution in [0.3, 0.4) is 0 Å². The standard InChI is InChI=1S/C12H16N2O3S/c1-2-9-4-3-5-10(8-9)13-12(15)14-18(16,17)11-6-7-11/h3-5,8,11H,2,6-7H2,1H3,(H2,13,14,15). The summed E-state index contributed by atoms with van der Waals surface area (Å²) >= 11 is 0. The number of carbonyl (C=O) groups excluding carboxylic acids is 1. The quantitative estimate of drug-likeness (QED) is 0.875. The zero-order chi connectivity index (χ0) is 13.2. The van der Waals surface area contributed by atoms with E-state index in [9.17, 15) is 13.2 Å². The molecule has 0 saturated heterocycles. The van der Waals surface area contributed by atoms with Gasteiger partial charge in [0.15, 0.2) is 0 Å². The highest BCUT2D eigenvalue weighted by molar-refractivity contribution is 7.90. The van der Waals surface area contributed by atoms with Gasteiger partial charge >= 0.3 is 6.03 Å². The second-order valence-electron chi connectivity index (χ2n) is 4.35. The second kappa shape index (κ2) is 4.97. The smallest absolute Gasteiger partial charge is 0.307 e. The van der Waals surface area contributed by atoms with Gasteiger partial charge in [0.2, 0.25) is 10.0 Å². The molecule has 0 unspecified atom stereocenters. The Morgan fingerprint density at radius 2 is 2.11 bits per heavy atom. The van der Waals surface area contributed by atoms with Crippen LogP contribution in [0.4, 0.5) is 10.5 Å². The number of carbonyl (C=O) groups is 1. The van der Waals surface area contributed by atoms with Gasteiger partial charge in [-0.3, -0.25) is 0 Å². The molecule has 0 atom stereocenters. The molecule has 0 bridgehead atoms. The van der Waals surface area contributed by atoms with Gasteiger partial charge in [-0.2, -0.15) is 0 Å². The number of rotatable bonds is 4. The van der Waals surface area contributed by atoms with Crippen molar-refractivity contribution >= 4 is 21.7 Å². The van der Waals surface area contributed by atoms with Crippen molar-refractivity contribution in [1.82, 2.24) is 4.72 Å². The van der Waals surface area contributed by atoms with E-state index in [0.717, 1.165) is 12.0 Å². The van der Waals surface area contributed by atoms with Crippen LogP contribution in [-0.2, 0) is 16.4 Å². The number of urea groups is 1. The SMILES string of the molecule is CCc1cccc(NC(=O)NS(=O)(=O)C2CC2)c1. The molecule has 2 amide bonds. The van der Waals surface area contributed by atoms with Crippen LogP contribution >= 0.6 is 0 Å². The Kier molecular flexibility index (Phi) is 3.56. The maximum atomic E-state index is 11.6. The van der Waals surface area contributed by atoms with E-state index in [4.69, 9.17) is 0 Å². The van der Waals surface area contributed by atoms with Crippen molar-refractivity contribution in [1.29, 1.82) is 0 Å². The molecule has 18 heavy (non-hydrogen) atoms. The molecule has 1 aliphatic rings. The van der Waals surface area contributed by atoms with Crippen LogP contribution in [0.2, 0.25) is 0 Å². The van der Waals surface area contributed by atoms with Gasteiger partial charge in [0.05, 0.1) is 5.25 Å². The van der Waals surface area contributed by atoms with Gasteiger partial charge in [-0.05, 0) is 37.0 Å². The van der Waals surface area contributed by atoms with Crippen molar-refractivity contribution in [2.24, 2.45) is 0 Å². The lowest BCUT2D eigenvalue weighted by molar-refractivity contribution is 0.256. The summed E-state index contributed by atoms with van der Waals surface area (Å²) in [6.45, 7) is 2.01. The molecule has 0 aromatic heterocycles. The summed E-state index contributed by atoms with van der Waals surface area (Å²) < 4.78 is 25.1. The van der Waals surface area contributed by atoms with Crippen LogP contribution in [0.1, 0.15) is 25.3 Å². The number of benzene rings is 1. The van der Waals surface area contributed by atoms with E-state index < -0.39 is 21.3 Å². The maximum Gasteiger partial charge on any atom is 0.332 e. The first-order valence-electron chi connectivity index (χ1n) is 5.93.